The fraction of sp³-hybridized carbons (Fsp3) is 0.293. The summed E-state index contributed by atoms with van der Waals surface area (Å²) in [6, 6.07) is 27.4. The van der Waals surface area contributed by atoms with Crippen LogP contribution in [0.3, 0.4) is 0 Å². The number of allylic oxidation sites excluding steroid dienone is 2. The molecule has 0 aliphatic heterocycles. The third-order valence-corrected chi connectivity index (χ3v) is 61.3. The molecule has 6 rings (SSSR count). The number of fused-ring (bicyclic) bond motifs is 2. The van der Waals surface area contributed by atoms with Crippen molar-refractivity contribution in [3.63, 3.8) is 0 Å². The van der Waals surface area contributed by atoms with Crippen LogP contribution in [0.15, 0.2) is 84.9 Å². The van der Waals surface area contributed by atoms with E-state index in [2.05, 4.69) is 148 Å². The summed E-state index contributed by atoms with van der Waals surface area (Å²) in [5.41, 5.74) is 16.6. The molecule has 216 valence electrons. The first-order valence-corrected chi connectivity index (χ1v) is 35.0. The zero-order valence-corrected chi connectivity index (χ0v) is 30.6. The summed E-state index contributed by atoms with van der Waals surface area (Å²) in [5, 5.41) is 0. The van der Waals surface area contributed by atoms with Gasteiger partial charge in [0, 0.05) is 0 Å². The third kappa shape index (κ3) is 3.65. The van der Waals surface area contributed by atoms with Crippen molar-refractivity contribution in [2.24, 2.45) is 0 Å². The molecule has 0 amide bonds. The van der Waals surface area contributed by atoms with Crippen molar-refractivity contribution >= 4 is 16.4 Å². The zero-order valence-electron chi connectivity index (χ0n) is 27.0. The molecule has 0 spiro atoms. The van der Waals surface area contributed by atoms with Gasteiger partial charge in [0.25, 0.3) is 0 Å². The van der Waals surface area contributed by atoms with Gasteiger partial charge in [-0.1, -0.05) is 0 Å². The molecule has 2 atom stereocenters. The molecule has 0 saturated carbocycles. The molecule has 0 saturated heterocycles. The number of rotatable bonds is 6. The minimum absolute atomic E-state index is 0.313. The summed E-state index contributed by atoms with van der Waals surface area (Å²) >= 11 is -5.18. The number of hydrogen-bond acceptors (Lipinski definition) is 0. The Kier molecular flexibility index (Phi) is 5.97. The van der Waals surface area contributed by atoms with Gasteiger partial charge in [-0.25, -0.2) is 0 Å². The molecule has 2 aliphatic rings. The second kappa shape index (κ2) is 8.60. The van der Waals surface area contributed by atoms with Crippen LogP contribution in [0.5, 0.6) is 0 Å². The standard InChI is InChI=1S/2C17H15.2C2H5.2CH3.CH2.Hf/c2*1-12-6-3-7-13(2)17(12)16-11-5-9-14-8-4-10-15(14)16;2*1-2;;;;/h2*3-11H,1-2H3;2*1H2,2H3;2*1H3;1H2;. The van der Waals surface area contributed by atoms with Crippen LogP contribution in [0.25, 0.3) is 34.4 Å². The summed E-state index contributed by atoms with van der Waals surface area (Å²) in [5.74, 6) is 0. The molecule has 0 aromatic heterocycles. The predicted molar refractivity (Wildman–Crippen MR) is 186 cm³/mol. The minimum atomic E-state index is -5.18. The van der Waals surface area contributed by atoms with Crippen LogP contribution >= 0.6 is 0 Å². The Hall–Kier alpha value is -2.90. The Morgan fingerprint density at radius 3 is 1.21 bits per heavy atom. The molecule has 0 radical (unpaired) electrons. The quantitative estimate of drug-likeness (QED) is 0.174. The Morgan fingerprint density at radius 2 is 0.881 bits per heavy atom. The van der Waals surface area contributed by atoms with E-state index in [0.717, 1.165) is 8.35 Å². The first-order valence-electron chi connectivity index (χ1n) is 16.0. The van der Waals surface area contributed by atoms with Gasteiger partial charge in [0.1, 0.15) is 0 Å². The first-order chi connectivity index (χ1) is 19.7. The van der Waals surface area contributed by atoms with Crippen molar-refractivity contribution in [2.45, 2.75) is 66.6 Å². The van der Waals surface area contributed by atoms with Crippen molar-refractivity contribution < 1.29 is 15.1 Å². The second-order valence-corrected chi connectivity index (χ2v) is 68.5. The van der Waals surface area contributed by atoms with E-state index in [1.807, 2.05) is 0 Å². The fourth-order valence-electron chi connectivity index (χ4n) is 9.28. The van der Waals surface area contributed by atoms with Gasteiger partial charge in [-0.05, 0) is 0 Å². The Balaban J connectivity index is 1.61. The topological polar surface area (TPSA) is 0 Å². The SMILES string of the molecule is [CH2]=[Hf]([CH3])([CH3])([CH2]C)([CH2]C)([CH]1C=Cc2c(-c3c(C)cccc3C)cccc21)[CH]1C=Cc2c(-c3c(C)cccc3C)cccc21. The van der Waals surface area contributed by atoms with Crippen molar-refractivity contribution in [3.05, 3.63) is 129 Å². The second-order valence-electron chi connectivity index (χ2n) is 16.4. The van der Waals surface area contributed by atoms with Crippen molar-refractivity contribution in [1.82, 2.24) is 0 Å². The summed E-state index contributed by atoms with van der Waals surface area (Å²) in [6.07, 6.45) is 10.1. The molecule has 2 unspecified atom stereocenters. The van der Waals surface area contributed by atoms with Crippen LogP contribution in [-0.4, -0.2) is 4.26 Å². The molecule has 42 heavy (non-hydrogen) atoms. The van der Waals surface area contributed by atoms with Crippen molar-refractivity contribution in [3.8, 4) is 22.3 Å². The number of benzene rings is 4. The zero-order chi connectivity index (χ0) is 30.2. The molecule has 4 aromatic carbocycles. The van der Waals surface area contributed by atoms with Gasteiger partial charge in [-0.3, -0.25) is 0 Å². The van der Waals surface area contributed by atoms with Crippen LogP contribution in [0.1, 0.15) is 65.7 Å². The summed E-state index contributed by atoms with van der Waals surface area (Å²) in [7, 11) is 0. The molecule has 0 nitrogen and oxygen atoms in total. The van der Waals surface area contributed by atoms with E-state index in [-0.39, 0.29) is 0 Å². The molecule has 4 aromatic rings. The van der Waals surface area contributed by atoms with Gasteiger partial charge in [0.05, 0.1) is 0 Å². The first kappa shape index (κ1) is 29.2. The van der Waals surface area contributed by atoms with E-state index in [4.69, 9.17) is 4.26 Å². The summed E-state index contributed by atoms with van der Waals surface area (Å²) in [4.78, 5) is 0. The van der Waals surface area contributed by atoms with Gasteiger partial charge in [0.2, 0.25) is 0 Å². The average Bonchev–Trinajstić information content (AvgIpc) is 3.61. The number of hydrogen-bond donors (Lipinski definition) is 0. The third-order valence-electron chi connectivity index (χ3n) is 13.5. The van der Waals surface area contributed by atoms with Gasteiger partial charge in [-0.15, -0.1) is 0 Å². The van der Waals surface area contributed by atoms with E-state index in [0.29, 0.717) is 7.35 Å². The molecule has 2 aliphatic carbocycles. The van der Waals surface area contributed by atoms with E-state index in [1.54, 1.807) is 0 Å². The van der Waals surface area contributed by atoms with Crippen LogP contribution in [0, 0.1) is 27.7 Å². The van der Waals surface area contributed by atoms with Crippen LogP contribution in [0.2, 0.25) is 17.7 Å². The Labute approximate surface area is 248 Å². The van der Waals surface area contributed by atoms with E-state index in [9.17, 15) is 0 Å². The van der Waals surface area contributed by atoms with Gasteiger partial charge < -0.3 is 0 Å². The average molecular weight is 719 g/mol. The number of aryl methyl sites for hydroxylation is 4. The molecule has 0 bridgehead atoms. The maximum absolute atomic E-state index is 5.73. The molecule has 0 N–H and O–H groups in total. The predicted octanol–water partition coefficient (Wildman–Crippen LogP) is 12.3. The Morgan fingerprint density at radius 1 is 0.548 bits per heavy atom. The molecular weight excluding hydrogens is 671 g/mol. The summed E-state index contributed by atoms with van der Waals surface area (Å²) in [6.45, 7) is 13.9. The van der Waals surface area contributed by atoms with E-state index >= 15 is 0 Å². The molecule has 1 heteroatoms. The summed E-state index contributed by atoms with van der Waals surface area (Å²) < 4.78 is 14.0. The maximum atomic E-state index is 5.73. The van der Waals surface area contributed by atoms with Crippen LogP contribution < -0.4 is 0 Å². The normalized spacial score (nSPS) is 20.0. The monoisotopic (exact) mass is 720 g/mol. The van der Waals surface area contributed by atoms with Gasteiger partial charge in [-0.2, -0.15) is 0 Å². The van der Waals surface area contributed by atoms with Crippen LogP contribution in [0.4, 0.5) is 0 Å². The molecule has 0 heterocycles. The van der Waals surface area contributed by atoms with Gasteiger partial charge in [0.15, 0.2) is 0 Å². The van der Waals surface area contributed by atoms with E-state index in [1.165, 1.54) is 66.8 Å². The van der Waals surface area contributed by atoms with Gasteiger partial charge >= 0.3 is 250 Å². The van der Waals surface area contributed by atoms with Crippen LogP contribution in [-0.2, 0) is 15.1 Å². The Bertz CT molecular complexity index is 1800. The van der Waals surface area contributed by atoms with Crippen molar-refractivity contribution in [1.29, 1.82) is 0 Å². The molecule has 0 fully saturated rings. The van der Waals surface area contributed by atoms with E-state index < -0.39 is 15.1 Å². The fourth-order valence-corrected chi connectivity index (χ4v) is 38.3. The molecular formula is C41H48Hf. The van der Waals surface area contributed by atoms with Crippen molar-refractivity contribution in [2.75, 3.05) is 0 Å².